The minimum atomic E-state index is -0.766. The standard InChI is InChI=1S/C23H28N6O2/c1-13(27-17-7-9-26-10-8-17)14-3-2-4-15(11-14)16-5-6-18-19(12-16)28-22(29-23(25)31)20(18)21(24)30/h2-6,11-13,17,26-28H,7-10H2,1H3,(H2,24,30)(H3,25,29,31). The SMILES string of the molecule is CC(NC1CCNCC1)c1cccc(-c2ccc3c(C(N)=O)c(NC(N)=O)[nH]c3c2)c1. The molecular formula is C23H28N6O2. The number of nitrogens with one attached hydrogen (secondary N) is 4. The molecule has 4 rings (SSSR count). The first kappa shape index (κ1) is 20.9. The van der Waals surface area contributed by atoms with Gasteiger partial charge in [-0.15, -0.1) is 0 Å². The molecule has 0 radical (unpaired) electrons. The largest absolute Gasteiger partial charge is 0.365 e. The highest BCUT2D eigenvalue weighted by Crippen LogP contribution is 2.31. The summed E-state index contributed by atoms with van der Waals surface area (Å²) >= 11 is 0. The van der Waals surface area contributed by atoms with Crippen LogP contribution in [0.2, 0.25) is 0 Å². The first-order valence-corrected chi connectivity index (χ1v) is 10.5. The summed E-state index contributed by atoms with van der Waals surface area (Å²) in [7, 11) is 0. The predicted octanol–water partition coefficient (Wildman–Crippen LogP) is 2.83. The summed E-state index contributed by atoms with van der Waals surface area (Å²) in [5.41, 5.74) is 14.9. The smallest absolute Gasteiger partial charge is 0.317 e. The van der Waals surface area contributed by atoms with Crippen LogP contribution in [0.3, 0.4) is 0 Å². The van der Waals surface area contributed by atoms with Crippen LogP contribution in [0.15, 0.2) is 42.5 Å². The third-order valence-electron chi connectivity index (χ3n) is 5.84. The molecular weight excluding hydrogens is 392 g/mol. The van der Waals surface area contributed by atoms with Crippen molar-refractivity contribution in [2.75, 3.05) is 18.4 Å². The number of H-pyrrole nitrogens is 1. The summed E-state index contributed by atoms with van der Waals surface area (Å²) in [5, 5.41) is 10.2. The van der Waals surface area contributed by atoms with Crippen molar-refractivity contribution in [1.82, 2.24) is 15.6 Å². The maximum Gasteiger partial charge on any atom is 0.317 e. The summed E-state index contributed by atoms with van der Waals surface area (Å²) < 4.78 is 0. The molecule has 3 aromatic rings. The maximum absolute atomic E-state index is 11.9. The molecule has 8 heteroatoms. The lowest BCUT2D eigenvalue weighted by atomic mass is 9.97. The second kappa shape index (κ2) is 8.79. The summed E-state index contributed by atoms with van der Waals surface area (Å²) in [5.74, 6) is -0.428. The number of carbonyl (C=O) groups is 2. The van der Waals surface area contributed by atoms with Crippen molar-refractivity contribution in [3.05, 3.63) is 53.6 Å². The number of carbonyl (C=O) groups excluding carboxylic acids is 2. The number of hydrogen-bond donors (Lipinski definition) is 6. The third-order valence-corrected chi connectivity index (χ3v) is 5.84. The van der Waals surface area contributed by atoms with Crippen LogP contribution in [-0.4, -0.2) is 36.1 Å². The first-order valence-electron chi connectivity index (χ1n) is 10.5. The van der Waals surface area contributed by atoms with Gasteiger partial charge in [0.1, 0.15) is 5.82 Å². The van der Waals surface area contributed by atoms with Crippen molar-refractivity contribution in [2.24, 2.45) is 11.5 Å². The zero-order valence-corrected chi connectivity index (χ0v) is 17.5. The van der Waals surface area contributed by atoms with E-state index in [-0.39, 0.29) is 17.4 Å². The van der Waals surface area contributed by atoms with Gasteiger partial charge in [0.05, 0.1) is 5.56 Å². The van der Waals surface area contributed by atoms with E-state index in [9.17, 15) is 9.59 Å². The van der Waals surface area contributed by atoms with E-state index in [0.29, 0.717) is 16.9 Å². The van der Waals surface area contributed by atoms with Crippen LogP contribution in [0, 0.1) is 0 Å². The van der Waals surface area contributed by atoms with Crippen LogP contribution < -0.4 is 27.4 Å². The summed E-state index contributed by atoms with van der Waals surface area (Å²) in [4.78, 5) is 26.2. The van der Waals surface area contributed by atoms with Gasteiger partial charge in [-0.3, -0.25) is 10.1 Å². The molecule has 31 heavy (non-hydrogen) atoms. The molecule has 1 fully saturated rings. The second-order valence-electron chi connectivity index (χ2n) is 8.03. The quantitative estimate of drug-likeness (QED) is 0.365. The number of aromatic nitrogens is 1. The highest BCUT2D eigenvalue weighted by atomic mass is 16.2. The Morgan fingerprint density at radius 2 is 1.81 bits per heavy atom. The number of anilines is 1. The van der Waals surface area contributed by atoms with Crippen molar-refractivity contribution >= 4 is 28.7 Å². The van der Waals surface area contributed by atoms with E-state index in [0.717, 1.165) is 37.1 Å². The molecule has 162 valence electrons. The molecule has 8 N–H and O–H groups in total. The average Bonchev–Trinajstić information content (AvgIpc) is 3.11. The Balaban J connectivity index is 1.63. The fraction of sp³-hybridized carbons (Fsp3) is 0.304. The fourth-order valence-corrected chi connectivity index (χ4v) is 4.28. The van der Waals surface area contributed by atoms with Gasteiger partial charge >= 0.3 is 6.03 Å². The van der Waals surface area contributed by atoms with Crippen molar-refractivity contribution < 1.29 is 9.59 Å². The van der Waals surface area contributed by atoms with Crippen LogP contribution in [0.1, 0.15) is 41.7 Å². The van der Waals surface area contributed by atoms with Gasteiger partial charge in [-0.05, 0) is 61.7 Å². The molecule has 8 nitrogen and oxygen atoms in total. The number of amides is 3. The van der Waals surface area contributed by atoms with Gasteiger partial charge in [0.25, 0.3) is 5.91 Å². The monoisotopic (exact) mass is 420 g/mol. The summed E-state index contributed by atoms with van der Waals surface area (Å²) in [6.45, 7) is 4.30. The lowest BCUT2D eigenvalue weighted by Gasteiger charge is -2.27. The van der Waals surface area contributed by atoms with Gasteiger partial charge < -0.3 is 27.1 Å². The van der Waals surface area contributed by atoms with E-state index in [2.05, 4.69) is 52.1 Å². The Morgan fingerprint density at radius 3 is 2.52 bits per heavy atom. The molecule has 1 atom stereocenters. The molecule has 1 unspecified atom stereocenters. The van der Waals surface area contributed by atoms with E-state index in [1.165, 1.54) is 5.56 Å². The number of nitrogens with two attached hydrogens (primary N) is 2. The van der Waals surface area contributed by atoms with E-state index in [1.54, 1.807) is 0 Å². The normalized spacial score (nSPS) is 15.6. The Morgan fingerprint density at radius 1 is 1.06 bits per heavy atom. The van der Waals surface area contributed by atoms with Gasteiger partial charge in [0.15, 0.2) is 0 Å². The number of aromatic amines is 1. The Labute approximate surface area is 180 Å². The number of fused-ring (bicyclic) bond motifs is 1. The number of hydrogen-bond acceptors (Lipinski definition) is 4. The molecule has 1 aromatic heterocycles. The predicted molar refractivity (Wildman–Crippen MR) is 123 cm³/mol. The van der Waals surface area contributed by atoms with Crippen LogP contribution in [0.25, 0.3) is 22.0 Å². The number of urea groups is 1. The Kier molecular flexibility index (Phi) is 5.92. The van der Waals surface area contributed by atoms with Crippen LogP contribution in [-0.2, 0) is 0 Å². The van der Waals surface area contributed by atoms with Gasteiger partial charge in [0.2, 0.25) is 0 Å². The molecule has 0 saturated carbocycles. The lowest BCUT2D eigenvalue weighted by Crippen LogP contribution is -2.40. The van der Waals surface area contributed by atoms with E-state index in [4.69, 9.17) is 11.5 Å². The molecule has 1 aliphatic rings. The molecule has 2 aromatic carbocycles. The van der Waals surface area contributed by atoms with Crippen LogP contribution >= 0.6 is 0 Å². The number of primary amides is 2. The van der Waals surface area contributed by atoms with Crippen LogP contribution in [0.5, 0.6) is 0 Å². The Hall–Kier alpha value is -3.36. The number of benzene rings is 2. The zero-order valence-electron chi connectivity index (χ0n) is 17.5. The molecule has 0 bridgehead atoms. The number of piperidine rings is 1. The topological polar surface area (TPSA) is 138 Å². The molecule has 0 spiro atoms. The van der Waals surface area contributed by atoms with Gasteiger partial charge in [-0.25, -0.2) is 4.79 Å². The van der Waals surface area contributed by atoms with E-state index >= 15 is 0 Å². The van der Waals surface area contributed by atoms with Gasteiger partial charge in [0, 0.05) is 23.0 Å². The first-order chi connectivity index (χ1) is 14.9. The second-order valence-corrected chi connectivity index (χ2v) is 8.03. The molecule has 1 aliphatic heterocycles. The maximum atomic E-state index is 11.9. The van der Waals surface area contributed by atoms with Crippen molar-refractivity contribution in [2.45, 2.75) is 31.8 Å². The molecule has 2 heterocycles. The third kappa shape index (κ3) is 4.55. The van der Waals surface area contributed by atoms with Crippen LogP contribution in [0.4, 0.5) is 10.6 Å². The molecule has 3 amide bonds. The zero-order chi connectivity index (χ0) is 22.0. The lowest BCUT2D eigenvalue weighted by molar-refractivity contribution is 0.100. The van der Waals surface area contributed by atoms with Crippen molar-refractivity contribution in [3.8, 4) is 11.1 Å². The molecule has 1 saturated heterocycles. The van der Waals surface area contributed by atoms with Crippen molar-refractivity contribution in [1.29, 1.82) is 0 Å². The van der Waals surface area contributed by atoms with Crippen molar-refractivity contribution in [3.63, 3.8) is 0 Å². The van der Waals surface area contributed by atoms with Gasteiger partial charge in [-0.2, -0.15) is 0 Å². The minimum Gasteiger partial charge on any atom is -0.365 e. The van der Waals surface area contributed by atoms with Gasteiger partial charge in [-0.1, -0.05) is 30.3 Å². The van der Waals surface area contributed by atoms with E-state index < -0.39 is 11.9 Å². The number of rotatable bonds is 6. The average molecular weight is 421 g/mol. The Bertz CT molecular complexity index is 1120. The minimum absolute atomic E-state index is 0.209. The summed E-state index contributed by atoms with van der Waals surface area (Å²) in [6, 6.07) is 14.1. The highest BCUT2D eigenvalue weighted by molar-refractivity contribution is 6.13. The molecule has 0 aliphatic carbocycles. The van der Waals surface area contributed by atoms with E-state index in [1.807, 2.05) is 18.2 Å². The fourth-order valence-electron chi connectivity index (χ4n) is 4.28. The summed E-state index contributed by atoms with van der Waals surface area (Å²) in [6.07, 6.45) is 2.27. The highest BCUT2D eigenvalue weighted by Gasteiger charge is 2.19.